The number of esters is 1. The first-order chi connectivity index (χ1) is 12.9. The van der Waals surface area contributed by atoms with Gasteiger partial charge in [0.15, 0.2) is 11.5 Å². The molecular weight excluding hydrogens is 368 g/mol. The molecule has 1 N–H and O–H groups in total. The number of nitrogens with zero attached hydrogens (tertiary/aromatic N) is 1. The van der Waals surface area contributed by atoms with Crippen molar-refractivity contribution >= 4 is 23.2 Å². The highest BCUT2D eigenvalue weighted by Gasteiger charge is 2.24. The van der Waals surface area contributed by atoms with E-state index >= 15 is 0 Å². The first-order valence-corrected chi connectivity index (χ1v) is 9.34. The number of ether oxygens (including phenoxy) is 3. The maximum atomic E-state index is 12.5. The molecule has 1 aromatic heterocycles. The third kappa shape index (κ3) is 5.19. The lowest BCUT2D eigenvalue weighted by molar-refractivity contribution is -0.143. The molecule has 1 heterocycles. The highest BCUT2D eigenvalue weighted by Crippen LogP contribution is 2.33. The summed E-state index contributed by atoms with van der Waals surface area (Å²) in [4.78, 5) is 28.8. The van der Waals surface area contributed by atoms with Gasteiger partial charge in [-0.1, -0.05) is 13.8 Å². The lowest BCUT2D eigenvalue weighted by atomic mass is 10.0. The maximum Gasteiger partial charge on any atom is 0.328 e. The number of carbonyl (C=O) groups excluding carboxylic acids is 2. The Morgan fingerprint density at radius 1 is 1.15 bits per heavy atom. The Morgan fingerprint density at radius 2 is 1.85 bits per heavy atom. The van der Waals surface area contributed by atoms with Gasteiger partial charge in [-0.3, -0.25) is 4.79 Å². The number of carbonyl (C=O) groups is 2. The lowest BCUT2D eigenvalue weighted by Crippen LogP contribution is -2.42. The minimum atomic E-state index is -0.700. The summed E-state index contributed by atoms with van der Waals surface area (Å²) in [6.45, 7) is 3.94. The van der Waals surface area contributed by atoms with Crippen LogP contribution in [0.4, 0.5) is 0 Å². The summed E-state index contributed by atoms with van der Waals surface area (Å²) in [5.41, 5.74) is 1.06. The molecule has 0 aliphatic heterocycles. The van der Waals surface area contributed by atoms with E-state index in [0.717, 1.165) is 5.56 Å². The molecule has 2 rings (SSSR count). The zero-order valence-corrected chi connectivity index (χ0v) is 16.9. The number of hydrogen-bond acceptors (Lipinski definition) is 7. The van der Waals surface area contributed by atoms with Crippen LogP contribution in [0.5, 0.6) is 11.5 Å². The second kappa shape index (κ2) is 9.36. The van der Waals surface area contributed by atoms with Crippen LogP contribution in [-0.2, 0) is 9.53 Å². The van der Waals surface area contributed by atoms with Gasteiger partial charge in [-0.2, -0.15) is 0 Å². The van der Waals surface area contributed by atoms with E-state index in [1.807, 2.05) is 19.9 Å². The number of rotatable bonds is 8. The van der Waals surface area contributed by atoms with Crippen LogP contribution in [0.3, 0.4) is 0 Å². The van der Waals surface area contributed by atoms with Crippen LogP contribution in [0.15, 0.2) is 23.6 Å². The Bertz CT molecular complexity index is 803. The van der Waals surface area contributed by atoms with Gasteiger partial charge in [0.1, 0.15) is 16.7 Å². The van der Waals surface area contributed by atoms with Gasteiger partial charge < -0.3 is 19.5 Å². The average Bonchev–Trinajstić information content (AvgIpc) is 3.16. The van der Waals surface area contributed by atoms with Gasteiger partial charge >= 0.3 is 5.97 Å². The number of benzene rings is 1. The van der Waals surface area contributed by atoms with Crippen LogP contribution in [0.25, 0.3) is 10.6 Å². The molecule has 1 amide bonds. The molecule has 2 aromatic rings. The molecule has 0 unspecified atom stereocenters. The monoisotopic (exact) mass is 392 g/mol. The highest BCUT2D eigenvalue weighted by molar-refractivity contribution is 7.13. The van der Waals surface area contributed by atoms with E-state index in [1.54, 1.807) is 31.7 Å². The van der Waals surface area contributed by atoms with E-state index in [4.69, 9.17) is 14.2 Å². The summed E-state index contributed by atoms with van der Waals surface area (Å²) in [7, 11) is 4.43. The molecule has 7 nitrogen and oxygen atoms in total. The van der Waals surface area contributed by atoms with Crippen molar-refractivity contribution in [2.45, 2.75) is 26.3 Å². The molecule has 8 heteroatoms. The van der Waals surface area contributed by atoms with Gasteiger partial charge in [0, 0.05) is 10.9 Å². The summed E-state index contributed by atoms with van der Waals surface area (Å²) >= 11 is 1.33. The standard InChI is InChI=1S/C19H24N2O5S/c1-11(2)8-13(19(23)26-5)20-17(22)14-10-27-18(21-14)12-6-7-15(24-3)16(9-12)25-4/h6-7,9-11,13H,8H2,1-5H3,(H,20,22)/t13-/m1/s1. The first-order valence-electron chi connectivity index (χ1n) is 8.46. The van der Waals surface area contributed by atoms with Crippen LogP contribution in [0.2, 0.25) is 0 Å². The third-order valence-electron chi connectivity index (χ3n) is 3.87. The fraction of sp³-hybridized carbons (Fsp3) is 0.421. The van der Waals surface area contributed by atoms with Crippen LogP contribution in [0.1, 0.15) is 30.8 Å². The van der Waals surface area contributed by atoms with Crippen LogP contribution < -0.4 is 14.8 Å². The number of thiazole rings is 1. The second-order valence-corrected chi connectivity index (χ2v) is 7.14. The van der Waals surface area contributed by atoms with Crippen molar-refractivity contribution in [2.75, 3.05) is 21.3 Å². The fourth-order valence-electron chi connectivity index (χ4n) is 2.54. The number of hydrogen-bond donors (Lipinski definition) is 1. The Morgan fingerprint density at radius 3 is 2.44 bits per heavy atom. The topological polar surface area (TPSA) is 86.8 Å². The van der Waals surface area contributed by atoms with E-state index in [1.165, 1.54) is 18.4 Å². The van der Waals surface area contributed by atoms with Crippen molar-refractivity contribution in [3.8, 4) is 22.1 Å². The molecule has 0 spiro atoms. The molecule has 0 aliphatic rings. The molecule has 146 valence electrons. The van der Waals surface area contributed by atoms with Crippen molar-refractivity contribution in [3.63, 3.8) is 0 Å². The van der Waals surface area contributed by atoms with Crippen molar-refractivity contribution in [1.29, 1.82) is 0 Å². The molecule has 0 saturated carbocycles. The molecule has 27 heavy (non-hydrogen) atoms. The maximum absolute atomic E-state index is 12.5. The van der Waals surface area contributed by atoms with Gasteiger partial charge in [0.05, 0.1) is 21.3 Å². The minimum absolute atomic E-state index is 0.229. The first kappa shape index (κ1) is 20.7. The summed E-state index contributed by atoms with van der Waals surface area (Å²) in [6, 6.07) is 4.73. The summed E-state index contributed by atoms with van der Waals surface area (Å²) in [5, 5.41) is 5.03. The number of amides is 1. The zero-order chi connectivity index (χ0) is 20.0. The third-order valence-corrected chi connectivity index (χ3v) is 4.76. The number of aromatic nitrogens is 1. The normalized spacial score (nSPS) is 11.8. The summed E-state index contributed by atoms with van der Waals surface area (Å²) < 4.78 is 15.3. The molecule has 0 radical (unpaired) electrons. The average molecular weight is 392 g/mol. The predicted octanol–water partition coefficient (Wildman–Crippen LogP) is 3.14. The van der Waals surface area contributed by atoms with Crippen LogP contribution in [-0.4, -0.2) is 44.2 Å². The van der Waals surface area contributed by atoms with Gasteiger partial charge in [-0.15, -0.1) is 11.3 Å². The van der Waals surface area contributed by atoms with Gasteiger partial charge in [-0.25, -0.2) is 9.78 Å². The largest absolute Gasteiger partial charge is 0.493 e. The highest BCUT2D eigenvalue weighted by atomic mass is 32.1. The van der Waals surface area contributed by atoms with Crippen molar-refractivity contribution in [2.24, 2.45) is 5.92 Å². The molecule has 0 aliphatic carbocycles. The van der Waals surface area contributed by atoms with E-state index in [9.17, 15) is 9.59 Å². The van der Waals surface area contributed by atoms with Crippen LogP contribution in [0, 0.1) is 5.92 Å². The summed E-state index contributed by atoms with van der Waals surface area (Å²) in [5.74, 6) is 0.554. The van der Waals surface area contributed by atoms with E-state index in [0.29, 0.717) is 22.9 Å². The number of methoxy groups -OCH3 is 3. The lowest BCUT2D eigenvalue weighted by Gasteiger charge is -2.17. The molecule has 1 aromatic carbocycles. The Balaban J connectivity index is 2.18. The molecule has 0 fully saturated rings. The molecule has 0 saturated heterocycles. The van der Waals surface area contributed by atoms with Crippen molar-refractivity contribution < 1.29 is 23.8 Å². The molecule has 0 bridgehead atoms. The van der Waals surface area contributed by atoms with E-state index < -0.39 is 17.9 Å². The Hall–Kier alpha value is -2.61. The van der Waals surface area contributed by atoms with Gasteiger partial charge in [0.25, 0.3) is 5.91 Å². The summed E-state index contributed by atoms with van der Waals surface area (Å²) in [6.07, 6.45) is 0.491. The minimum Gasteiger partial charge on any atom is -0.493 e. The Kier molecular flexibility index (Phi) is 7.18. The van der Waals surface area contributed by atoms with E-state index in [2.05, 4.69) is 10.3 Å². The zero-order valence-electron chi connectivity index (χ0n) is 16.1. The van der Waals surface area contributed by atoms with Gasteiger partial charge in [0.2, 0.25) is 0 Å². The fourth-order valence-corrected chi connectivity index (χ4v) is 3.34. The molecular formula is C19H24N2O5S. The van der Waals surface area contributed by atoms with Crippen LogP contribution >= 0.6 is 11.3 Å². The van der Waals surface area contributed by atoms with E-state index in [-0.39, 0.29) is 11.6 Å². The Labute approximate surface area is 162 Å². The quantitative estimate of drug-likeness (QED) is 0.695. The SMILES string of the molecule is COC(=O)[C@@H](CC(C)C)NC(=O)c1csc(-c2ccc(OC)c(OC)c2)n1. The van der Waals surface area contributed by atoms with Crippen molar-refractivity contribution in [1.82, 2.24) is 10.3 Å². The number of nitrogens with one attached hydrogen (secondary N) is 1. The molecule has 1 atom stereocenters. The van der Waals surface area contributed by atoms with Gasteiger partial charge in [-0.05, 0) is 30.5 Å². The smallest absolute Gasteiger partial charge is 0.328 e. The second-order valence-electron chi connectivity index (χ2n) is 6.29. The van der Waals surface area contributed by atoms with Crippen molar-refractivity contribution in [3.05, 3.63) is 29.3 Å². The predicted molar refractivity (Wildman–Crippen MR) is 103 cm³/mol.